The van der Waals surface area contributed by atoms with E-state index in [1.165, 1.54) is 5.56 Å². The lowest BCUT2D eigenvalue weighted by Crippen LogP contribution is -1.93. The average molecular weight is 241 g/mol. The number of hydrogen-bond acceptors (Lipinski definition) is 2. The molecular formula is C16H19NO. The van der Waals surface area contributed by atoms with Crippen molar-refractivity contribution in [1.82, 2.24) is 0 Å². The van der Waals surface area contributed by atoms with Gasteiger partial charge in [0.1, 0.15) is 5.75 Å². The van der Waals surface area contributed by atoms with Crippen LogP contribution in [0, 0.1) is 0 Å². The molecule has 2 N–H and O–H groups in total. The Labute approximate surface area is 108 Å². The standard InChI is InChI=1S/C16H19NO/c1-11(2)13-8-14(10-15(17)9-13)12-4-6-16(18-3)7-5-12/h4-11H,17H2,1-3H3. The highest BCUT2D eigenvalue weighted by molar-refractivity contribution is 5.69. The number of rotatable bonds is 3. The molecule has 0 saturated heterocycles. The Bertz CT molecular complexity index is 529. The van der Waals surface area contributed by atoms with Crippen molar-refractivity contribution < 1.29 is 4.74 Å². The molecule has 0 unspecified atom stereocenters. The molecule has 0 saturated carbocycles. The van der Waals surface area contributed by atoms with E-state index in [-0.39, 0.29) is 0 Å². The summed E-state index contributed by atoms with van der Waals surface area (Å²) in [5.74, 6) is 1.34. The summed E-state index contributed by atoms with van der Waals surface area (Å²) in [6, 6.07) is 14.3. The van der Waals surface area contributed by atoms with E-state index >= 15 is 0 Å². The maximum absolute atomic E-state index is 5.97. The lowest BCUT2D eigenvalue weighted by atomic mass is 9.96. The minimum Gasteiger partial charge on any atom is -0.497 e. The molecule has 2 aromatic rings. The van der Waals surface area contributed by atoms with Crippen LogP contribution in [0.1, 0.15) is 25.3 Å². The largest absolute Gasteiger partial charge is 0.497 e. The molecule has 0 atom stereocenters. The monoisotopic (exact) mass is 241 g/mol. The summed E-state index contributed by atoms with van der Waals surface area (Å²) in [6.45, 7) is 4.35. The van der Waals surface area contributed by atoms with Gasteiger partial charge in [-0.2, -0.15) is 0 Å². The van der Waals surface area contributed by atoms with Gasteiger partial charge < -0.3 is 10.5 Å². The summed E-state index contributed by atoms with van der Waals surface area (Å²) < 4.78 is 5.17. The smallest absolute Gasteiger partial charge is 0.118 e. The molecular weight excluding hydrogens is 222 g/mol. The van der Waals surface area contributed by atoms with Crippen molar-refractivity contribution >= 4 is 5.69 Å². The molecule has 18 heavy (non-hydrogen) atoms. The lowest BCUT2D eigenvalue weighted by Gasteiger charge is -2.11. The number of nitrogens with two attached hydrogens (primary N) is 1. The van der Waals surface area contributed by atoms with E-state index in [1.807, 2.05) is 24.3 Å². The Morgan fingerprint density at radius 3 is 2.17 bits per heavy atom. The minimum atomic E-state index is 0.477. The van der Waals surface area contributed by atoms with Crippen molar-refractivity contribution in [1.29, 1.82) is 0 Å². The summed E-state index contributed by atoms with van der Waals surface area (Å²) in [5, 5.41) is 0. The molecule has 94 valence electrons. The second-order valence-electron chi connectivity index (χ2n) is 4.77. The van der Waals surface area contributed by atoms with E-state index in [1.54, 1.807) is 7.11 Å². The normalized spacial score (nSPS) is 10.7. The van der Waals surface area contributed by atoms with Gasteiger partial charge in [-0.3, -0.25) is 0 Å². The number of ether oxygens (including phenoxy) is 1. The lowest BCUT2D eigenvalue weighted by molar-refractivity contribution is 0.415. The highest BCUT2D eigenvalue weighted by Crippen LogP contribution is 2.28. The Morgan fingerprint density at radius 2 is 1.61 bits per heavy atom. The van der Waals surface area contributed by atoms with Gasteiger partial charge >= 0.3 is 0 Å². The van der Waals surface area contributed by atoms with Crippen LogP contribution in [0.3, 0.4) is 0 Å². The fraction of sp³-hybridized carbons (Fsp3) is 0.250. The SMILES string of the molecule is COc1ccc(-c2cc(N)cc(C(C)C)c2)cc1. The van der Waals surface area contributed by atoms with E-state index in [9.17, 15) is 0 Å². The Morgan fingerprint density at radius 1 is 0.944 bits per heavy atom. The first kappa shape index (κ1) is 12.5. The molecule has 2 heteroatoms. The van der Waals surface area contributed by atoms with E-state index in [0.29, 0.717) is 5.92 Å². The number of nitrogen functional groups attached to an aromatic ring is 1. The topological polar surface area (TPSA) is 35.2 Å². The second-order valence-corrected chi connectivity index (χ2v) is 4.77. The van der Waals surface area contributed by atoms with Crippen molar-refractivity contribution in [2.75, 3.05) is 12.8 Å². The average Bonchev–Trinajstić information content (AvgIpc) is 2.38. The first-order valence-corrected chi connectivity index (χ1v) is 6.15. The van der Waals surface area contributed by atoms with Crippen LogP contribution in [0.5, 0.6) is 5.75 Å². The Hall–Kier alpha value is -1.96. The Balaban J connectivity index is 2.42. The van der Waals surface area contributed by atoms with Gasteiger partial charge in [0.05, 0.1) is 7.11 Å². The zero-order valence-electron chi connectivity index (χ0n) is 11.1. The van der Waals surface area contributed by atoms with Gasteiger partial charge in [0, 0.05) is 5.69 Å². The zero-order chi connectivity index (χ0) is 13.1. The number of anilines is 1. The third-order valence-corrected chi connectivity index (χ3v) is 3.07. The van der Waals surface area contributed by atoms with Crippen molar-refractivity contribution in [2.24, 2.45) is 0 Å². The molecule has 0 aliphatic rings. The van der Waals surface area contributed by atoms with Crippen molar-refractivity contribution in [2.45, 2.75) is 19.8 Å². The summed E-state index contributed by atoms with van der Waals surface area (Å²) in [5.41, 5.74) is 10.4. The predicted octanol–water partition coefficient (Wildman–Crippen LogP) is 4.07. The maximum Gasteiger partial charge on any atom is 0.118 e. The molecule has 0 bridgehead atoms. The molecule has 0 fully saturated rings. The molecule has 0 spiro atoms. The van der Waals surface area contributed by atoms with Crippen LogP contribution in [0.4, 0.5) is 5.69 Å². The van der Waals surface area contributed by atoms with Gasteiger partial charge in [0.25, 0.3) is 0 Å². The highest BCUT2D eigenvalue weighted by Gasteiger charge is 2.05. The molecule has 0 aliphatic carbocycles. The van der Waals surface area contributed by atoms with Gasteiger partial charge in [-0.25, -0.2) is 0 Å². The summed E-state index contributed by atoms with van der Waals surface area (Å²) >= 11 is 0. The minimum absolute atomic E-state index is 0.477. The first-order valence-electron chi connectivity index (χ1n) is 6.15. The van der Waals surface area contributed by atoms with Gasteiger partial charge in [-0.15, -0.1) is 0 Å². The predicted molar refractivity (Wildman–Crippen MR) is 76.9 cm³/mol. The van der Waals surface area contributed by atoms with Gasteiger partial charge in [0.2, 0.25) is 0 Å². The summed E-state index contributed by atoms with van der Waals surface area (Å²) in [6.07, 6.45) is 0. The third kappa shape index (κ3) is 2.65. The van der Waals surface area contributed by atoms with Gasteiger partial charge in [-0.1, -0.05) is 32.0 Å². The van der Waals surface area contributed by atoms with Crippen LogP contribution in [0.25, 0.3) is 11.1 Å². The molecule has 0 radical (unpaired) electrons. The number of hydrogen-bond donors (Lipinski definition) is 1. The van der Waals surface area contributed by atoms with Gasteiger partial charge in [0.15, 0.2) is 0 Å². The van der Waals surface area contributed by atoms with Crippen LogP contribution in [-0.2, 0) is 0 Å². The Kier molecular flexibility index (Phi) is 3.56. The fourth-order valence-electron chi connectivity index (χ4n) is 1.96. The highest BCUT2D eigenvalue weighted by atomic mass is 16.5. The van der Waals surface area contributed by atoms with Crippen LogP contribution in [0.2, 0.25) is 0 Å². The molecule has 0 heterocycles. The van der Waals surface area contributed by atoms with E-state index in [4.69, 9.17) is 10.5 Å². The van der Waals surface area contributed by atoms with E-state index in [2.05, 4.69) is 32.0 Å². The van der Waals surface area contributed by atoms with Crippen LogP contribution < -0.4 is 10.5 Å². The second kappa shape index (κ2) is 5.13. The van der Waals surface area contributed by atoms with Gasteiger partial charge in [-0.05, 0) is 46.9 Å². The molecule has 0 aliphatic heterocycles. The molecule has 0 amide bonds. The molecule has 0 aromatic heterocycles. The van der Waals surface area contributed by atoms with E-state index < -0.39 is 0 Å². The van der Waals surface area contributed by atoms with Crippen molar-refractivity contribution in [3.8, 4) is 16.9 Å². The van der Waals surface area contributed by atoms with Crippen molar-refractivity contribution in [3.05, 3.63) is 48.0 Å². The van der Waals surface area contributed by atoms with Crippen LogP contribution in [0.15, 0.2) is 42.5 Å². The summed E-state index contributed by atoms with van der Waals surface area (Å²) in [7, 11) is 1.67. The molecule has 2 rings (SSSR count). The number of methoxy groups -OCH3 is 1. The zero-order valence-corrected chi connectivity index (χ0v) is 11.1. The number of benzene rings is 2. The first-order chi connectivity index (χ1) is 8.60. The van der Waals surface area contributed by atoms with Crippen LogP contribution in [-0.4, -0.2) is 7.11 Å². The quantitative estimate of drug-likeness (QED) is 0.822. The summed E-state index contributed by atoms with van der Waals surface area (Å²) in [4.78, 5) is 0. The molecule has 2 nitrogen and oxygen atoms in total. The molecule has 2 aromatic carbocycles. The third-order valence-electron chi connectivity index (χ3n) is 3.07. The fourth-order valence-corrected chi connectivity index (χ4v) is 1.96. The van der Waals surface area contributed by atoms with Crippen molar-refractivity contribution in [3.63, 3.8) is 0 Å². The van der Waals surface area contributed by atoms with E-state index in [0.717, 1.165) is 22.6 Å². The van der Waals surface area contributed by atoms with Crippen LogP contribution >= 0.6 is 0 Å². The maximum atomic E-state index is 5.97.